The van der Waals surface area contributed by atoms with Crippen molar-refractivity contribution in [2.24, 2.45) is 5.92 Å². The molecule has 3 N–H and O–H groups in total. The van der Waals surface area contributed by atoms with Gasteiger partial charge >= 0.3 is 11.9 Å². The van der Waals surface area contributed by atoms with Crippen molar-refractivity contribution in [1.82, 2.24) is 14.9 Å². The van der Waals surface area contributed by atoms with Gasteiger partial charge in [0.2, 0.25) is 11.3 Å². The molecule has 1 fully saturated rings. The third kappa shape index (κ3) is 10.6. The highest BCUT2D eigenvalue weighted by Crippen LogP contribution is 2.42. The quantitative estimate of drug-likeness (QED) is 0.0385. The van der Waals surface area contributed by atoms with Crippen LogP contribution in [0.1, 0.15) is 74.7 Å². The van der Waals surface area contributed by atoms with Crippen molar-refractivity contribution in [1.29, 1.82) is 0 Å². The Balaban J connectivity index is 0.000000205. The van der Waals surface area contributed by atoms with Crippen LogP contribution in [0.25, 0.3) is 44.3 Å². The molecule has 3 heterocycles. The maximum atomic E-state index is 13.0. The molecule has 7 rings (SSSR count). The van der Waals surface area contributed by atoms with Gasteiger partial charge in [-0.3, -0.25) is 14.4 Å². The second kappa shape index (κ2) is 19.7. The Morgan fingerprint density at radius 2 is 1.59 bits per heavy atom. The van der Waals surface area contributed by atoms with Crippen LogP contribution in [0.3, 0.4) is 0 Å². The van der Waals surface area contributed by atoms with Crippen molar-refractivity contribution in [3.63, 3.8) is 0 Å². The van der Waals surface area contributed by atoms with Crippen LogP contribution >= 0.6 is 0 Å². The minimum Gasteiger partial charge on any atom is -0.478 e. The van der Waals surface area contributed by atoms with Gasteiger partial charge in [0.15, 0.2) is 5.78 Å². The minimum absolute atomic E-state index is 0.0678. The SMILES string of the molecule is CC(=O)CCCCCCC(=O)N[C@@H](Cc1c[nH]c2ccccc12)C(=O)C[C@@H]1C(=O)O[C@@H]1C.CN(C)c1ccc2c(-c3ccccc3C(=O)O)c3ccc(=[N+](C)C)cc-3oc2c1. The first-order valence-corrected chi connectivity index (χ1v) is 20.8. The van der Waals surface area contributed by atoms with E-state index in [1.807, 2.05) is 117 Å². The first kappa shape index (κ1) is 44.0. The van der Waals surface area contributed by atoms with Crippen LogP contribution in [-0.4, -0.2) is 79.8 Å². The lowest BCUT2D eigenvalue weighted by Crippen LogP contribution is -2.48. The first-order chi connectivity index (χ1) is 29.2. The Kier molecular flexibility index (Phi) is 14.2. The van der Waals surface area contributed by atoms with Crippen molar-refractivity contribution in [3.05, 3.63) is 108 Å². The molecular formula is C49H55N4O8+. The van der Waals surface area contributed by atoms with Crippen LogP contribution in [0.2, 0.25) is 0 Å². The third-order valence-corrected chi connectivity index (χ3v) is 11.2. The molecular weight excluding hydrogens is 773 g/mol. The van der Waals surface area contributed by atoms with E-state index < -0.39 is 17.9 Å². The predicted octanol–water partition coefficient (Wildman–Crippen LogP) is 7.65. The number of para-hydroxylation sites is 1. The number of H-pyrrole nitrogens is 1. The topological polar surface area (TPSA) is 162 Å². The monoisotopic (exact) mass is 827 g/mol. The van der Waals surface area contributed by atoms with Crippen LogP contribution in [-0.2, 0) is 30.3 Å². The molecule has 0 radical (unpaired) electrons. The van der Waals surface area contributed by atoms with Gasteiger partial charge in [-0.1, -0.05) is 49.2 Å². The number of aromatic amines is 1. The molecule has 12 nitrogen and oxygen atoms in total. The normalized spacial score (nSPS) is 15.0. The first-order valence-electron chi connectivity index (χ1n) is 20.8. The number of Topliss-reactive ketones (excluding diaryl/α,β-unsaturated/α-hetero) is 2. The van der Waals surface area contributed by atoms with Gasteiger partial charge in [-0.05, 0) is 68.1 Å². The molecule has 1 aromatic heterocycles. The van der Waals surface area contributed by atoms with Gasteiger partial charge in [-0.2, -0.15) is 0 Å². The predicted molar refractivity (Wildman–Crippen MR) is 238 cm³/mol. The number of hydrogen-bond acceptors (Lipinski definition) is 8. The zero-order valence-corrected chi connectivity index (χ0v) is 35.7. The summed E-state index contributed by atoms with van der Waals surface area (Å²) in [5.74, 6) is -1.16. The van der Waals surface area contributed by atoms with Crippen LogP contribution in [0.15, 0.2) is 95.5 Å². The van der Waals surface area contributed by atoms with E-state index in [9.17, 15) is 29.1 Å². The van der Waals surface area contributed by atoms with E-state index >= 15 is 0 Å². The number of amides is 1. The molecule has 2 aliphatic heterocycles. The van der Waals surface area contributed by atoms with E-state index in [0.717, 1.165) is 74.6 Å². The van der Waals surface area contributed by atoms with E-state index in [2.05, 4.69) is 10.3 Å². The largest absolute Gasteiger partial charge is 0.478 e. The highest BCUT2D eigenvalue weighted by atomic mass is 16.6. The summed E-state index contributed by atoms with van der Waals surface area (Å²) < 4.78 is 13.3. The lowest BCUT2D eigenvalue weighted by molar-refractivity contribution is -0.183. The molecule has 1 saturated heterocycles. The Bertz CT molecular complexity index is 2620. The number of unbranched alkanes of at least 4 members (excludes halogenated alkanes) is 3. The molecule has 318 valence electrons. The Labute approximate surface area is 355 Å². The molecule has 0 spiro atoms. The number of carbonyl (C=O) groups excluding carboxylic acids is 4. The highest BCUT2D eigenvalue weighted by Gasteiger charge is 2.41. The molecule has 0 unspecified atom stereocenters. The molecule has 4 aromatic rings. The van der Waals surface area contributed by atoms with Crippen LogP contribution in [0, 0.1) is 5.92 Å². The van der Waals surface area contributed by atoms with Crippen molar-refractivity contribution >= 4 is 57.0 Å². The fourth-order valence-corrected chi connectivity index (χ4v) is 7.73. The Morgan fingerprint density at radius 1 is 0.869 bits per heavy atom. The summed E-state index contributed by atoms with van der Waals surface area (Å²) >= 11 is 0. The van der Waals surface area contributed by atoms with Crippen LogP contribution < -0.4 is 20.1 Å². The number of anilines is 1. The summed E-state index contributed by atoms with van der Waals surface area (Å²) in [4.78, 5) is 65.4. The molecule has 0 saturated carbocycles. The third-order valence-electron chi connectivity index (χ3n) is 11.2. The number of carboxylic acids is 1. The zero-order valence-electron chi connectivity index (χ0n) is 35.7. The standard InChI is InChI=1S/C25H32N2O5.C24H22N2O3/c1-16(28)9-5-3-4-6-12-24(30)27-22(23(29)14-20-17(2)32-25(20)31)13-18-15-26-21-11-8-7-10-19(18)21;1-25(2)15-9-11-19-21(13-15)29-22-14-16(26(3)4)10-12-20(22)23(19)17-7-5-6-8-18(17)24(27)28/h7-8,10-11,15,17,20,22,26H,3-6,9,12-14H2,1-2H3,(H,27,30);5-14H,1-4H3/p+1/t17-,20+,22+;/m1./s1. The average Bonchev–Trinajstić information content (AvgIpc) is 3.65. The fraction of sp³-hybridized carbons (Fsp3) is 0.347. The van der Waals surface area contributed by atoms with Gasteiger partial charge < -0.3 is 34.3 Å². The van der Waals surface area contributed by atoms with Gasteiger partial charge in [0.25, 0.3) is 0 Å². The summed E-state index contributed by atoms with van der Waals surface area (Å²) in [6.07, 6.45) is 6.27. The van der Waals surface area contributed by atoms with E-state index in [1.165, 1.54) is 0 Å². The van der Waals surface area contributed by atoms with Gasteiger partial charge in [-0.25, -0.2) is 9.37 Å². The molecule has 0 bridgehead atoms. The van der Waals surface area contributed by atoms with Gasteiger partial charge in [0.1, 0.15) is 43.2 Å². The summed E-state index contributed by atoms with van der Waals surface area (Å²) in [5.41, 5.74) is 6.37. The van der Waals surface area contributed by atoms with E-state index in [4.69, 9.17) is 9.15 Å². The summed E-state index contributed by atoms with van der Waals surface area (Å²) in [6.45, 7) is 3.36. The van der Waals surface area contributed by atoms with E-state index in [0.29, 0.717) is 31.2 Å². The van der Waals surface area contributed by atoms with E-state index in [-0.39, 0.29) is 41.5 Å². The van der Waals surface area contributed by atoms with Crippen LogP contribution in [0.5, 0.6) is 0 Å². The summed E-state index contributed by atoms with van der Waals surface area (Å²) in [5, 5.41) is 15.6. The number of esters is 1. The maximum Gasteiger partial charge on any atom is 0.336 e. The Morgan fingerprint density at radius 3 is 2.28 bits per heavy atom. The number of fused-ring (bicyclic) bond motifs is 3. The van der Waals surface area contributed by atoms with Crippen LogP contribution in [0.4, 0.5) is 5.69 Å². The molecule has 61 heavy (non-hydrogen) atoms. The van der Waals surface area contributed by atoms with Crippen molar-refractivity contribution in [3.8, 4) is 22.5 Å². The molecule has 12 heteroatoms. The van der Waals surface area contributed by atoms with Gasteiger partial charge in [0, 0.05) is 91.2 Å². The number of carboxylic acid groups (broad SMARTS) is 1. The number of hydrogen-bond donors (Lipinski definition) is 3. The molecule has 3 aromatic carbocycles. The fourth-order valence-electron chi connectivity index (χ4n) is 7.73. The zero-order chi connectivity index (χ0) is 43.8. The smallest absolute Gasteiger partial charge is 0.336 e. The number of rotatable bonds is 16. The second-order valence-electron chi connectivity index (χ2n) is 16.2. The van der Waals surface area contributed by atoms with Crippen molar-refractivity contribution < 1.29 is 38.2 Å². The number of cyclic esters (lactones) is 1. The average molecular weight is 828 g/mol. The number of aromatic carboxylic acids is 1. The molecule has 1 aliphatic carbocycles. The Hall–Kier alpha value is -6.56. The number of nitrogens with zero attached hydrogens (tertiary/aromatic N) is 2. The van der Waals surface area contributed by atoms with Crippen molar-refractivity contribution in [2.45, 2.75) is 77.4 Å². The molecule has 1 amide bonds. The number of carbonyl (C=O) groups is 5. The molecule has 3 atom stereocenters. The van der Waals surface area contributed by atoms with Crippen molar-refractivity contribution in [2.75, 3.05) is 33.1 Å². The number of nitrogens with one attached hydrogen (secondary N) is 2. The molecule has 3 aliphatic rings. The number of ether oxygens (including phenoxy) is 1. The lowest BCUT2D eigenvalue weighted by atomic mass is 9.88. The minimum atomic E-state index is -0.947. The van der Waals surface area contributed by atoms with Gasteiger partial charge in [0.05, 0.1) is 17.7 Å². The summed E-state index contributed by atoms with van der Waals surface area (Å²) in [7, 11) is 7.92. The highest BCUT2D eigenvalue weighted by molar-refractivity contribution is 6.08. The van der Waals surface area contributed by atoms with Gasteiger partial charge in [-0.15, -0.1) is 0 Å². The van der Waals surface area contributed by atoms with E-state index in [1.54, 1.807) is 26.0 Å². The summed E-state index contributed by atoms with van der Waals surface area (Å²) in [6, 6.07) is 26.3. The second-order valence-corrected chi connectivity index (χ2v) is 16.2. The number of aromatic nitrogens is 1. The maximum absolute atomic E-state index is 13.0. The lowest BCUT2D eigenvalue weighted by Gasteiger charge is -2.32. The number of ketones is 2. The number of benzene rings is 4.